The molecule has 0 unspecified atom stereocenters. The molecular weight excluding hydrogens is 466 g/mol. The molecule has 1 fully saturated rings. The lowest BCUT2D eigenvalue weighted by Crippen LogP contribution is -2.50. The fraction of sp³-hybridized carbons (Fsp3) is 0.276. The van der Waals surface area contributed by atoms with Crippen LogP contribution in [-0.2, 0) is 9.59 Å². The van der Waals surface area contributed by atoms with Gasteiger partial charge >= 0.3 is 6.03 Å². The van der Waals surface area contributed by atoms with E-state index >= 15 is 0 Å². The number of para-hydroxylation sites is 1. The SMILES string of the molecule is Cc1cccc(NC(=O)N[C@@H]2N=C(c3ccncc3)c3ccccc3N(CC(=O)C3CCCC3)C2=O)c1. The Morgan fingerprint density at radius 3 is 2.51 bits per heavy atom. The number of nitrogens with one attached hydrogen (secondary N) is 2. The summed E-state index contributed by atoms with van der Waals surface area (Å²) in [4.78, 5) is 50.4. The first-order valence-corrected chi connectivity index (χ1v) is 12.6. The van der Waals surface area contributed by atoms with Crippen molar-refractivity contribution in [3.05, 3.63) is 89.7 Å². The molecule has 2 aromatic carbocycles. The fourth-order valence-corrected chi connectivity index (χ4v) is 4.97. The van der Waals surface area contributed by atoms with E-state index in [4.69, 9.17) is 4.99 Å². The number of carbonyl (C=O) groups is 3. The van der Waals surface area contributed by atoms with Crippen LogP contribution in [0.2, 0.25) is 0 Å². The second kappa shape index (κ2) is 10.7. The number of aryl methyl sites for hydroxylation is 1. The monoisotopic (exact) mass is 495 g/mol. The van der Waals surface area contributed by atoms with Gasteiger partial charge in [0.2, 0.25) is 6.17 Å². The van der Waals surface area contributed by atoms with Gasteiger partial charge in [0.15, 0.2) is 5.78 Å². The smallest absolute Gasteiger partial charge is 0.308 e. The van der Waals surface area contributed by atoms with Crippen LogP contribution < -0.4 is 15.5 Å². The average Bonchev–Trinajstić information content (AvgIpc) is 3.42. The second-order valence-electron chi connectivity index (χ2n) is 9.47. The molecule has 1 aliphatic carbocycles. The molecule has 1 aliphatic heterocycles. The van der Waals surface area contributed by atoms with E-state index in [2.05, 4.69) is 15.6 Å². The van der Waals surface area contributed by atoms with Crippen molar-refractivity contribution in [1.29, 1.82) is 0 Å². The summed E-state index contributed by atoms with van der Waals surface area (Å²) in [5, 5.41) is 5.51. The fourth-order valence-electron chi connectivity index (χ4n) is 4.97. The van der Waals surface area contributed by atoms with Crippen LogP contribution in [0.4, 0.5) is 16.2 Å². The van der Waals surface area contributed by atoms with E-state index in [0.717, 1.165) is 36.8 Å². The van der Waals surface area contributed by atoms with E-state index in [9.17, 15) is 14.4 Å². The van der Waals surface area contributed by atoms with Gasteiger partial charge in [-0.3, -0.25) is 14.6 Å². The van der Waals surface area contributed by atoms with Gasteiger partial charge in [0.25, 0.3) is 5.91 Å². The second-order valence-corrected chi connectivity index (χ2v) is 9.47. The van der Waals surface area contributed by atoms with E-state index in [1.54, 1.807) is 18.5 Å². The molecule has 37 heavy (non-hydrogen) atoms. The van der Waals surface area contributed by atoms with Gasteiger partial charge in [0, 0.05) is 35.1 Å². The van der Waals surface area contributed by atoms with Gasteiger partial charge in [0.1, 0.15) is 0 Å². The Labute approximate surface area is 215 Å². The first-order valence-electron chi connectivity index (χ1n) is 12.6. The summed E-state index contributed by atoms with van der Waals surface area (Å²) in [6.45, 7) is 1.87. The number of carbonyl (C=O) groups excluding carboxylic acids is 3. The first-order chi connectivity index (χ1) is 18.0. The van der Waals surface area contributed by atoms with Crippen LogP contribution in [0.25, 0.3) is 0 Å². The van der Waals surface area contributed by atoms with Crippen molar-refractivity contribution in [2.75, 3.05) is 16.8 Å². The molecule has 0 spiro atoms. The Bertz CT molecular complexity index is 1350. The highest BCUT2D eigenvalue weighted by molar-refractivity contribution is 6.21. The highest BCUT2D eigenvalue weighted by atomic mass is 16.2. The van der Waals surface area contributed by atoms with Crippen molar-refractivity contribution < 1.29 is 14.4 Å². The lowest BCUT2D eigenvalue weighted by Gasteiger charge is -2.26. The zero-order chi connectivity index (χ0) is 25.8. The third-order valence-electron chi connectivity index (χ3n) is 6.83. The molecule has 0 bridgehead atoms. The van der Waals surface area contributed by atoms with Crippen molar-refractivity contribution in [3.8, 4) is 0 Å². The Balaban J connectivity index is 1.51. The van der Waals surface area contributed by atoms with Gasteiger partial charge in [-0.05, 0) is 55.7 Å². The summed E-state index contributed by atoms with van der Waals surface area (Å²) in [5.41, 5.74) is 4.21. The number of rotatable bonds is 6. The Morgan fingerprint density at radius 2 is 1.76 bits per heavy atom. The lowest BCUT2D eigenvalue weighted by atomic mass is 9.99. The van der Waals surface area contributed by atoms with E-state index in [0.29, 0.717) is 22.6 Å². The summed E-state index contributed by atoms with van der Waals surface area (Å²) in [6, 6.07) is 17.8. The maximum absolute atomic E-state index is 13.9. The molecule has 0 radical (unpaired) electrons. The summed E-state index contributed by atoms with van der Waals surface area (Å²) in [7, 11) is 0. The number of ketones is 1. The topological polar surface area (TPSA) is 104 Å². The predicted octanol–water partition coefficient (Wildman–Crippen LogP) is 4.48. The molecule has 8 heteroatoms. The first kappa shape index (κ1) is 24.4. The third kappa shape index (κ3) is 5.43. The third-order valence-corrected chi connectivity index (χ3v) is 6.83. The number of hydrogen-bond acceptors (Lipinski definition) is 5. The number of Topliss-reactive ketones (excluding diaryl/α,β-unsaturated/α-hetero) is 1. The van der Waals surface area contributed by atoms with E-state index in [1.807, 2.05) is 61.5 Å². The Morgan fingerprint density at radius 1 is 1.00 bits per heavy atom. The number of urea groups is 1. The molecule has 1 aromatic heterocycles. The molecule has 2 N–H and O–H groups in total. The largest absolute Gasteiger partial charge is 0.321 e. The van der Waals surface area contributed by atoms with Crippen molar-refractivity contribution in [2.24, 2.45) is 10.9 Å². The van der Waals surface area contributed by atoms with Gasteiger partial charge in [-0.1, -0.05) is 43.2 Å². The molecule has 5 rings (SSSR count). The van der Waals surface area contributed by atoms with E-state index in [-0.39, 0.29) is 18.2 Å². The van der Waals surface area contributed by atoms with Gasteiger partial charge in [-0.2, -0.15) is 0 Å². The molecule has 0 saturated heterocycles. The number of pyridine rings is 1. The standard InChI is InChI=1S/C29H29N5O3/c1-19-7-6-10-22(17-19)31-29(37)33-27-28(36)34(18-25(35)20-8-2-3-9-20)24-12-5-4-11-23(24)26(32-27)21-13-15-30-16-14-21/h4-7,10-17,20,27H,2-3,8-9,18H2,1H3,(H2,31,33,37)/t27-/m0/s1. The van der Waals surface area contributed by atoms with Crippen LogP contribution in [0.5, 0.6) is 0 Å². The van der Waals surface area contributed by atoms with Crippen molar-refractivity contribution in [3.63, 3.8) is 0 Å². The van der Waals surface area contributed by atoms with Gasteiger partial charge in [0.05, 0.1) is 17.9 Å². The van der Waals surface area contributed by atoms with Crippen LogP contribution in [-0.4, -0.2) is 41.1 Å². The van der Waals surface area contributed by atoms with Crippen LogP contribution in [0.15, 0.2) is 78.0 Å². The number of nitrogens with zero attached hydrogens (tertiary/aromatic N) is 3. The Kier molecular flexibility index (Phi) is 7.07. The van der Waals surface area contributed by atoms with Gasteiger partial charge in [-0.15, -0.1) is 0 Å². The highest BCUT2D eigenvalue weighted by Crippen LogP contribution is 2.30. The number of amides is 3. The molecule has 3 aromatic rings. The molecule has 188 valence electrons. The molecule has 2 aliphatic rings. The molecule has 3 amide bonds. The summed E-state index contributed by atoms with van der Waals surface area (Å²) < 4.78 is 0. The van der Waals surface area contributed by atoms with E-state index < -0.39 is 18.1 Å². The minimum absolute atomic E-state index is 0.0379. The van der Waals surface area contributed by atoms with Crippen LogP contribution in [0.1, 0.15) is 42.4 Å². The number of aliphatic imine (C=N–C) groups is 1. The van der Waals surface area contributed by atoms with Crippen molar-refractivity contribution >= 4 is 34.8 Å². The average molecular weight is 496 g/mol. The normalized spacial score (nSPS) is 17.5. The Hall–Kier alpha value is -4.33. The van der Waals surface area contributed by atoms with Crippen LogP contribution in [0, 0.1) is 12.8 Å². The number of benzene rings is 2. The minimum Gasteiger partial charge on any atom is -0.308 e. The van der Waals surface area contributed by atoms with Crippen LogP contribution >= 0.6 is 0 Å². The molecular formula is C29H29N5O3. The highest BCUT2D eigenvalue weighted by Gasteiger charge is 2.35. The zero-order valence-corrected chi connectivity index (χ0v) is 20.7. The summed E-state index contributed by atoms with van der Waals surface area (Å²) in [5.74, 6) is -0.460. The summed E-state index contributed by atoms with van der Waals surface area (Å²) in [6.07, 6.45) is 5.84. The quantitative estimate of drug-likeness (QED) is 0.526. The molecule has 1 saturated carbocycles. The molecule has 1 atom stereocenters. The number of benzodiazepines with no additional fused rings is 1. The van der Waals surface area contributed by atoms with Crippen molar-refractivity contribution in [1.82, 2.24) is 10.3 Å². The zero-order valence-electron chi connectivity index (χ0n) is 20.7. The van der Waals surface area contributed by atoms with E-state index in [1.165, 1.54) is 4.90 Å². The summed E-state index contributed by atoms with van der Waals surface area (Å²) >= 11 is 0. The number of anilines is 2. The maximum atomic E-state index is 13.9. The lowest BCUT2D eigenvalue weighted by molar-refractivity contribution is -0.125. The molecule has 2 heterocycles. The number of fused-ring (bicyclic) bond motifs is 1. The number of hydrogen-bond donors (Lipinski definition) is 2. The predicted molar refractivity (Wildman–Crippen MR) is 143 cm³/mol. The van der Waals surface area contributed by atoms with Crippen molar-refractivity contribution in [2.45, 2.75) is 38.8 Å². The van der Waals surface area contributed by atoms with Gasteiger partial charge < -0.3 is 15.5 Å². The number of aromatic nitrogens is 1. The van der Waals surface area contributed by atoms with Crippen LogP contribution in [0.3, 0.4) is 0 Å². The minimum atomic E-state index is -1.23. The molecule has 8 nitrogen and oxygen atoms in total. The maximum Gasteiger partial charge on any atom is 0.321 e. The van der Waals surface area contributed by atoms with Gasteiger partial charge in [-0.25, -0.2) is 9.79 Å².